The Morgan fingerprint density at radius 1 is 1.16 bits per heavy atom. The first-order valence-electron chi connectivity index (χ1n) is 8.01. The fraction of sp³-hybridized carbons (Fsp3) is 1.00. The standard InChI is InChI=1S/C16H31NO2/c1-16(2,19-3)10-12-17-11-5-4-8-14(17)13-7-6-9-15(13)18/h13-15,18H,4-12H2,1-3H3. The first-order valence-corrected chi connectivity index (χ1v) is 8.01. The zero-order valence-electron chi connectivity index (χ0n) is 12.9. The summed E-state index contributed by atoms with van der Waals surface area (Å²) in [6, 6.07) is 0.610. The van der Waals surface area contributed by atoms with Gasteiger partial charge in [0, 0.05) is 25.6 Å². The first kappa shape index (κ1) is 15.3. The molecule has 1 saturated heterocycles. The maximum absolute atomic E-state index is 10.2. The van der Waals surface area contributed by atoms with Gasteiger partial charge in [-0.25, -0.2) is 0 Å². The third-order valence-electron chi connectivity index (χ3n) is 5.24. The Morgan fingerprint density at radius 2 is 1.95 bits per heavy atom. The average molecular weight is 269 g/mol. The number of aliphatic hydroxyl groups excluding tert-OH is 1. The summed E-state index contributed by atoms with van der Waals surface area (Å²) in [6.45, 7) is 6.63. The summed E-state index contributed by atoms with van der Waals surface area (Å²) in [5.74, 6) is 0.519. The Hall–Kier alpha value is -0.120. The van der Waals surface area contributed by atoms with Gasteiger partial charge in [0.05, 0.1) is 11.7 Å². The SMILES string of the molecule is COC(C)(C)CCN1CCCCC1C1CCCC1O. The molecule has 2 rings (SSSR count). The van der Waals surface area contributed by atoms with Crippen molar-refractivity contribution in [1.82, 2.24) is 4.90 Å². The van der Waals surface area contributed by atoms with E-state index in [1.54, 1.807) is 7.11 Å². The van der Waals surface area contributed by atoms with Gasteiger partial charge in [0.1, 0.15) is 0 Å². The predicted octanol–water partition coefficient (Wildman–Crippen LogP) is 2.82. The summed E-state index contributed by atoms with van der Waals surface area (Å²) in [4.78, 5) is 2.63. The number of methoxy groups -OCH3 is 1. The molecule has 0 bridgehead atoms. The van der Waals surface area contributed by atoms with Gasteiger partial charge in [0.15, 0.2) is 0 Å². The Morgan fingerprint density at radius 3 is 2.58 bits per heavy atom. The molecule has 3 atom stereocenters. The second-order valence-corrected chi connectivity index (χ2v) is 6.98. The fourth-order valence-electron chi connectivity index (χ4n) is 3.71. The van der Waals surface area contributed by atoms with Crippen molar-refractivity contribution in [3.05, 3.63) is 0 Å². The third kappa shape index (κ3) is 3.93. The highest BCUT2D eigenvalue weighted by atomic mass is 16.5. The first-order chi connectivity index (χ1) is 9.03. The van der Waals surface area contributed by atoms with E-state index in [0.717, 1.165) is 19.4 Å². The molecule has 3 nitrogen and oxygen atoms in total. The molecule has 1 saturated carbocycles. The summed E-state index contributed by atoms with van der Waals surface area (Å²) >= 11 is 0. The molecule has 2 fully saturated rings. The summed E-state index contributed by atoms with van der Waals surface area (Å²) in [5.41, 5.74) is -0.0315. The highest BCUT2D eigenvalue weighted by Crippen LogP contribution is 2.35. The molecule has 3 heteroatoms. The lowest BCUT2D eigenvalue weighted by Crippen LogP contribution is -2.47. The minimum absolute atomic E-state index is 0.0315. The zero-order valence-corrected chi connectivity index (χ0v) is 12.9. The smallest absolute Gasteiger partial charge is 0.0634 e. The van der Waals surface area contributed by atoms with Crippen molar-refractivity contribution in [3.63, 3.8) is 0 Å². The summed E-state index contributed by atoms with van der Waals surface area (Å²) < 4.78 is 5.53. The van der Waals surface area contributed by atoms with Gasteiger partial charge < -0.3 is 9.84 Å². The van der Waals surface area contributed by atoms with Crippen molar-refractivity contribution in [2.75, 3.05) is 20.2 Å². The highest BCUT2D eigenvalue weighted by molar-refractivity contribution is 4.90. The number of hydrogen-bond acceptors (Lipinski definition) is 3. The number of likely N-dealkylation sites (tertiary alicyclic amines) is 1. The molecule has 0 aromatic carbocycles. The van der Waals surface area contributed by atoms with E-state index in [-0.39, 0.29) is 11.7 Å². The van der Waals surface area contributed by atoms with Gasteiger partial charge in [-0.15, -0.1) is 0 Å². The molecule has 1 N–H and O–H groups in total. The van der Waals surface area contributed by atoms with Crippen LogP contribution in [0.4, 0.5) is 0 Å². The molecular formula is C16H31NO2. The van der Waals surface area contributed by atoms with Gasteiger partial charge in [-0.3, -0.25) is 4.90 Å². The van der Waals surface area contributed by atoms with Gasteiger partial charge in [-0.2, -0.15) is 0 Å². The molecule has 1 heterocycles. The van der Waals surface area contributed by atoms with E-state index < -0.39 is 0 Å². The maximum atomic E-state index is 10.2. The van der Waals surface area contributed by atoms with Crippen LogP contribution in [0.1, 0.15) is 58.8 Å². The largest absolute Gasteiger partial charge is 0.393 e. The van der Waals surface area contributed by atoms with Gasteiger partial charge in [-0.1, -0.05) is 12.8 Å². The van der Waals surface area contributed by atoms with Crippen molar-refractivity contribution in [3.8, 4) is 0 Å². The number of nitrogens with zero attached hydrogens (tertiary/aromatic N) is 1. The van der Waals surface area contributed by atoms with Crippen molar-refractivity contribution >= 4 is 0 Å². The lowest BCUT2D eigenvalue weighted by Gasteiger charge is -2.41. The van der Waals surface area contributed by atoms with Crippen LogP contribution >= 0.6 is 0 Å². The Kier molecular flexibility index (Phi) is 5.27. The molecular weight excluding hydrogens is 238 g/mol. The van der Waals surface area contributed by atoms with Crippen LogP contribution in [0.2, 0.25) is 0 Å². The summed E-state index contributed by atoms with van der Waals surface area (Å²) in [6.07, 6.45) is 8.37. The molecule has 0 aromatic heterocycles. The lowest BCUT2D eigenvalue weighted by molar-refractivity contribution is -0.0119. The Balaban J connectivity index is 1.92. The fourth-order valence-corrected chi connectivity index (χ4v) is 3.71. The molecule has 19 heavy (non-hydrogen) atoms. The van der Waals surface area contributed by atoms with E-state index in [9.17, 15) is 5.11 Å². The van der Waals surface area contributed by atoms with E-state index in [4.69, 9.17) is 4.74 Å². The quantitative estimate of drug-likeness (QED) is 0.833. The van der Waals surface area contributed by atoms with Crippen LogP contribution in [0.15, 0.2) is 0 Å². The number of hydrogen-bond donors (Lipinski definition) is 1. The molecule has 3 unspecified atom stereocenters. The van der Waals surface area contributed by atoms with E-state index in [0.29, 0.717) is 12.0 Å². The van der Waals surface area contributed by atoms with Crippen LogP contribution < -0.4 is 0 Å². The minimum atomic E-state index is -0.0546. The Labute approximate surface area is 118 Å². The topological polar surface area (TPSA) is 32.7 Å². The van der Waals surface area contributed by atoms with Crippen LogP contribution in [0.3, 0.4) is 0 Å². The van der Waals surface area contributed by atoms with Gasteiger partial charge in [-0.05, 0) is 52.5 Å². The molecule has 0 radical (unpaired) electrons. The van der Waals surface area contributed by atoms with Crippen LogP contribution in [0.5, 0.6) is 0 Å². The molecule has 0 spiro atoms. The predicted molar refractivity (Wildman–Crippen MR) is 78.3 cm³/mol. The second kappa shape index (κ2) is 6.55. The number of ether oxygens (including phenoxy) is 1. The Bertz CT molecular complexity index is 280. The number of piperidine rings is 1. The van der Waals surface area contributed by atoms with Gasteiger partial charge in [0.25, 0.3) is 0 Å². The maximum Gasteiger partial charge on any atom is 0.0634 e. The monoisotopic (exact) mass is 269 g/mol. The average Bonchev–Trinajstić information content (AvgIpc) is 2.83. The molecule has 0 aromatic rings. The minimum Gasteiger partial charge on any atom is -0.393 e. The molecule has 1 aliphatic carbocycles. The van der Waals surface area contributed by atoms with Crippen LogP contribution in [0, 0.1) is 5.92 Å². The van der Waals surface area contributed by atoms with E-state index in [1.807, 2.05) is 0 Å². The molecule has 0 amide bonds. The van der Waals surface area contributed by atoms with E-state index in [2.05, 4.69) is 18.7 Å². The van der Waals surface area contributed by atoms with Crippen LogP contribution in [-0.4, -0.2) is 48.0 Å². The van der Waals surface area contributed by atoms with Gasteiger partial charge >= 0.3 is 0 Å². The lowest BCUT2D eigenvalue weighted by atomic mass is 9.87. The number of rotatable bonds is 5. The molecule has 2 aliphatic rings. The summed E-state index contributed by atoms with van der Waals surface area (Å²) in [7, 11) is 1.80. The van der Waals surface area contributed by atoms with Crippen molar-refractivity contribution in [1.29, 1.82) is 0 Å². The van der Waals surface area contributed by atoms with Crippen LogP contribution in [-0.2, 0) is 4.74 Å². The molecule has 112 valence electrons. The normalized spacial score (nSPS) is 33.8. The van der Waals surface area contributed by atoms with E-state index in [1.165, 1.54) is 38.6 Å². The zero-order chi connectivity index (χ0) is 13.9. The van der Waals surface area contributed by atoms with E-state index >= 15 is 0 Å². The highest BCUT2D eigenvalue weighted by Gasteiger charge is 2.37. The second-order valence-electron chi connectivity index (χ2n) is 6.98. The number of aliphatic hydroxyl groups is 1. The summed E-state index contributed by atoms with van der Waals surface area (Å²) in [5, 5.41) is 10.2. The van der Waals surface area contributed by atoms with Crippen molar-refractivity contribution in [2.24, 2.45) is 5.92 Å². The van der Waals surface area contributed by atoms with Crippen LogP contribution in [0.25, 0.3) is 0 Å². The van der Waals surface area contributed by atoms with Crippen molar-refractivity contribution in [2.45, 2.75) is 76.5 Å². The third-order valence-corrected chi connectivity index (χ3v) is 5.24. The van der Waals surface area contributed by atoms with Gasteiger partial charge in [0.2, 0.25) is 0 Å². The van der Waals surface area contributed by atoms with Crippen molar-refractivity contribution < 1.29 is 9.84 Å². The molecule has 1 aliphatic heterocycles.